The summed E-state index contributed by atoms with van der Waals surface area (Å²) in [6, 6.07) is 0. The predicted molar refractivity (Wildman–Crippen MR) is 51.1 cm³/mol. The Bertz CT molecular complexity index is 530. The van der Waals surface area contributed by atoms with Gasteiger partial charge in [0.2, 0.25) is 11.5 Å². The monoisotopic (exact) mass is 282 g/mol. The van der Waals surface area contributed by atoms with Gasteiger partial charge in [0.1, 0.15) is 6.20 Å². The van der Waals surface area contributed by atoms with Crippen LogP contribution in [0.25, 0.3) is 0 Å². The molecule has 1 rings (SSSR count). The van der Waals surface area contributed by atoms with Gasteiger partial charge in [0.15, 0.2) is 5.69 Å². The second-order valence-electron chi connectivity index (χ2n) is 2.96. The molecule has 0 spiro atoms. The van der Waals surface area contributed by atoms with Crippen LogP contribution in [-0.4, -0.2) is 34.5 Å². The summed E-state index contributed by atoms with van der Waals surface area (Å²) in [6.07, 6.45) is -4.79. The Balaban J connectivity index is 3.54. The third-order valence-corrected chi connectivity index (χ3v) is 1.79. The number of pyridine rings is 1. The lowest BCUT2D eigenvalue weighted by Gasteiger charge is -2.13. The van der Waals surface area contributed by atoms with Gasteiger partial charge in [-0.05, 0) is 0 Å². The lowest BCUT2D eigenvalue weighted by molar-refractivity contribution is -0.386. The minimum atomic E-state index is -5.26. The van der Waals surface area contributed by atoms with Crippen molar-refractivity contribution in [2.75, 3.05) is 7.11 Å². The van der Waals surface area contributed by atoms with E-state index < -0.39 is 40.1 Å². The third kappa shape index (κ3) is 3.20. The van der Waals surface area contributed by atoms with Gasteiger partial charge < -0.3 is 14.6 Å². The van der Waals surface area contributed by atoms with Crippen LogP contribution in [0.4, 0.5) is 18.9 Å². The van der Waals surface area contributed by atoms with Gasteiger partial charge in [-0.1, -0.05) is 0 Å². The lowest BCUT2D eigenvalue weighted by atomic mass is 10.2. The molecule has 11 heteroatoms. The summed E-state index contributed by atoms with van der Waals surface area (Å²) < 4.78 is 44.3. The van der Waals surface area contributed by atoms with Gasteiger partial charge >= 0.3 is 18.0 Å². The van der Waals surface area contributed by atoms with Crippen LogP contribution >= 0.6 is 0 Å². The minimum absolute atomic E-state index is 0.464. The molecule has 0 radical (unpaired) electrons. The van der Waals surface area contributed by atoms with E-state index in [1.54, 1.807) is 0 Å². The SMILES string of the molecule is COc1c([N+](=O)[O-])cnc(C(=O)O)c1OC(F)(F)F. The molecular formula is C8H5F3N2O6. The molecule has 0 aliphatic heterocycles. The molecule has 104 valence electrons. The van der Waals surface area contributed by atoms with Crippen molar-refractivity contribution < 1.29 is 37.5 Å². The van der Waals surface area contributed by atoms with Gasteiger partial charge in [-0.15, -0.1) is 13.2 Å². The molecule has 1 N–H and O–H groups in total. The second kappa shape index (κ2) is 4.96. The van der Waals surface area contributed by atoms with Gasteiger partial charge in [-0.25, -0.2) is 9.78 Å². The highest BCUT2D eigenvalue weighted by molar-refractivity contribution is 5.90. The second-order valence-corrected chi connectivity index (χ2v) is 2.96. The van der Waals surface area contributed by atoms with Gasteiger partial charge in [-0.3, -0.25) is 10.1 Å². The maximum Gasteiger partial charge on any atom is 0.573 e. The fourth-order valence-corrected chi connectivity index (χ4v) is 1.16. The number of carboxylic acids is 1. The number of hydrogen-bond donors (Lipinski definition) is 1. The number of alkyl halides is 3. The summed E-state index contributed by atoms with van der Waals surface area (Å²) in [4.78, 5) is 23.3. The van der Waals surface area contributed by atoms with E-state index in [2.05, 4.69) is 14.5 Å². The summed E-state index contributed by atoms with van der Waals surface area (Å²) in [6.45, 7) is 0. The number of carboxylic acid groups (broad SMARTS) is 1. The van der Waals surface area contributed by atoms with E-state index in [4.69, 9.17) is 5.11 Å². The molecule has 0 bridgehead atoms. The molecule has 0 aromatic carbocycles. The zero-order valence-corrected chi connectivity index (χ0v) is 9.09. The van der Waals surface area contributed by atoms with Gasteiger partial charge in [-0.2, -0.15) is 0 Å². The molecule has 0 aliphatic rings. The van der Waals surface area contributed by atoms with Crippen LogP contribution in [0.3, 0.4) is 0 Å². The van der Waals surface area contributed by atoms with Crippen molar-refractivity contribution in [1.82, 2.24) is 4.98 Å². The Morgan fingerprint density at radius 1 is 1.47 bits per heavy atom. The van der Waals surface area contributed by atoms with Crippen molar-refractivity contribution in [3.8, 4) is 11.5 Å². The number of nitrogens with zero attached hydrogens (tertiary/aromatic N) is 2. The third-order valence-electron chi connectivity index (χ3n) is 1.79. The summed E-state index contributed by atoms with van der Waals surface area (Å²) in [5.41, 5.74) is -2.11. The first-order valence-corrected chi connectivity index (χ1v) is 4.37. The molecular weight excluding hydrogens is 277 g/mol. The number of aromatic carboxylic acids is 1. The minimum Gasteiger partial charge on any atom is -0.487 e. The molecule has 1 heterocycles. The van der Waals surface area contributed by atoms with Crippen molar-refractivity contribution in [3.63, 3.8) is 0 Å². The van der Waals surface area contributed by atoms with Crippen molar-refractivity contribution >= 4 is 11.7 Å². The molecule has 1 aromatic rings. The maximum absolute atomic E-state index is 12.2. The van der Waals surface area contributed by atoms with Crippen LogP contribution in [0.5, 0.6) is 11.5 Å². The van der Waals surface area contributed by atoms with Crippen LogP contribution in [-0.2, 0) is 0 Å². The predicted octanol–water partition coefficient (Wildman–Crippen LogP) is 1.60. The largest absolute Gasteiger partial charge is 0.573 e. The molecule has 1 aromatic heterocycles. The number of carbonyl (C=O) groups is 1. The van der Waals surface area contributed by atoms with Crippen molar-refractivity contribution in [1.29, 1.82) is 0 Å². The average molecular weight is 282 g/mol. The number of nitro groups is 1. The molecule has 19 heavy (non-hydrogen) atoms. The number of ether oxygens (including phenoxy) is 2. The summed E-state index contributed by atoms with van der Waals surface area (Å²) in [7, 11) is 0.831. The average Bonchev–Trinajstić information content (AvgIpc) is 2.25. The summed E-state index contributed by atoms with van der Waals surface area (Å²) in [5, 5.41) is 19.3. The molecule has 8 nitrogen and oxygen atoms in total. The lowest BCUT2D eigenvalue weighted by Crippen LogP contribution is -2.20. The van der Waals surface area contributed by atoms with E-state index in [1.165, 1.54) is 0 Å². The highest BCUT2D eigenvalue weighted by Gasteiger charge is 2.38. The molecule has 0 aliphatic carbocycles. The van der Waals surface area contributed by atoms with Crippen LogP contribution in [0.1, 0.15) is 10.5 Å². The Hall–Kier alpha value is -2.59. The van der Waals surface area contributed by atoms with Crippen molar-refractivity contribution in [2.24, 2.45) is 0 Å². The topological polar surface area (TPSA) is 112 Å². The normalized spacial score (nSPS) is 10.9. The van der Waals surface area contributed by atoms with Crippen molar-refractivity contribution in [2.45, 2.75) is 6.36 Å². The molecule has 0 atom stereocenters. The summed E-state index contributed by atoms with van der Waals surface area (Å²) in [5.74, 6) is -4.21. The Kier molecular flexibility index (Phi) is 3.77. The zero-order chi connectivity index (χ0) is 14.8. The fraction of sp³-hybridized carbons (Fsp3) is 0.250. The number of rotatable bonds is 4. The van der Waals surface area contributed by atoms with E-state index in [0.29, 0.717) is 6.20 Å². The highest BCUT2D eigenvalue weighted by Crippen LogP contribution is 2.40. The van der Waals surface area contributed by atoms with Crippen LogP contribution < -0.4 is 9.47 Å². The molecule has 0 unspecified atom stereocenters. The van der Waals surface area contributed by atoms with Crippen LogP contribution in [0.2, 0.25) is 0 Å². The fourth-order valence-electron chi connectivity index (χ4n) is 1.16. The quantitative estimate of drug-likeness (QED) is 0.659. The zero-order valence-electron chi connectivity index (χ0n) is 9.09. The van der Waals surface area contributed by atoms with Crippen LogP contribution in [0.15, 0.2) is 6.20 Å². The first-order chi connectivity index (χ1) is 8.67. The van der Waals surface area contributed by atoms with Gasteiger partial charge in [0.25, 0.3) is 0 Å². The number of halogens is 3. The number of methoxy groups -OCH3 is 1. The van der Waals surface area contributed by atoms with E-state index >= 15 is 0 Å². The van der Waals surface area contributed by atoms with Crippen molar-refractivity contribution in [3.05, 3.63) is 22.0 Å². The first-order valence-electron chi connectivity index (χ1n) is 4.37. The molecule has 0 amide bonds. The van der Waals surface area contributed by atoms with Gasteiger partial charge in [0, 0.05) is 0 Å². The van der Waals surface area contributed by atoms with E-state index in [0.717, 1.165) is 7.11 Å². The molecule has 0 saturated carbocycles. The Labute approximate surface area is 102 Å². The smallest absolute Gasteiger partial charge is 0.487 e. The van der Waals surface area contributed by atoms with Gasteiger partial charge in [0.05, 0.1) is 12.0 Å². The van der Waals surface area contributed by atoms with E-state index in [9.17, 15) is 28.1 Å². The first kappa shape index (κ1) is 14.5. The number of aromatic nitrogens is 1. The van der Waals surface area contributed by atoms with Crippen LogP contribution in [0, 0.1) is 10.1 Å². The summed E-state index contributed by atoms with van der Waals surface area (Å²) >= 11 is 0. The Morgan fingerprint density at radius 2 is 2.05 bits per heavy atom. The molecule has 0 saturated heterocycles. The molecule has 0 fully saturated rings. The Morgan fingerprint density at radius 3 is 2.42 bits per heavy atom. The van der Waals surface area contributed by atoms with E-state index in [-0.39, 0.29) is 0 Å². The number of hydrogen-bond acceptors (Lipinski definition) is 6. The maximum atomic E-state index is 12.2. The van der Waals surface area contributed by atoms with E-state index in [1.807, 2.05) is 0 Å². The highest BCUT2D eigenvalue weighted by atomic mass is 19.4. The standard InChI is InChI=1S/C8H5F3N2O6/c1-18-5-3(13(16)17)2-12-4(7(14)15)6(5)19-8(9,10)11/h2H,1H3,(H,14,15).